The first kappa shape index (κ1) is 41.6. The molecule has 16 nitrogen and oxygen atoms in total. The van der Waals surface area contributed by atoms with Gasteiger partial charge in [0.05, 0.1) is 17.9 Å². The van der Waals surface area contributed by atoms with E-state index < -0.39 is 34.0 Å². The molecule has 4 aromatic rings. The van der Waals surface area contributed by atoms with Crippen LogP contribution in [0.1, 0.15) is 28.4 Å². The molecule has 0 spiro atoms. The molecule has 0 saturated heterocycles. The quantitative estimate of drug-likeness (QED) is 0.0616. The smallest absolute Gasteiger partial charge is 0.446 e. The standard InChI is InChI=1S/C34H26Br4N4O12S/c35-20-9-16-1-3-25(20)52-27-12-17(2-4-26(27)54-55(49,50)51)6-8-40-34(46)29(42-48)30(43)19-14-22(37)32(23(38)15-19)53-28-13-18(10-21(36)31(28)44)11-24(41-47)33(45)39-7-5-16/h1-5,7,9-10,12-15,30,43-44,47-48H,6,8,11H2,(H,39,45)(H,40,46)(H,49,50,51)/b7-5+,41-24+,42-29+. The molecule has 8 bridgehead atoms. The van der Waals surface area contributed by atoms with E-state index in [0.29, 0.717) is 21.2 Å². The maximum absolute atomic E-state index is 13.1. The Hall–Kier alpha value is -4.51. The normalized spacial score (nSPS) is 17.7. The van der Waals surface area contributed by atoms with E-state index in [1.54, 1.807) is 12.1 Å². The van der Waals surface area contributed by atoms with Crippen molar-refractivity contribution in [2.45, 2.75) is 18.9 Å². The lowest BCUT2D eigenvalue weighted by molar-refractivity contribution is -0.115. The van der Waals surface area contributed by atoms with E-state index in [1.165, 1.54) is 60.8 Å². The average Bonchev–Trinajstić information content (AvgIpc) is 3.11. The minimum Gasteiger partial charge on any atom is -0.503 e. The van der Waals surface area contributed by atoms with Crippen LogP contribution in [0.25, 0.3) is 6.08 Å². The van der Waals surface area contributed by atoms with Crippen molar-refractivity contribution in [1.82, 2.24) is 10.6 Å². The van der Waals surface area contributed by atoms with Crippen molar-refractivity contribution in [1.29, 1.82) is 0 Å². The van der Waals surface area contributed by atoms with Crippen molar-refractivity contribution in [3.05, 3.63) is 107 Å². The number of hydrogen-bond acceptors (Lipinski definition) is 13. The molecule has 55 heavy (non-hydrogen) atoms. The topological polar surface area (TPSA) is 246 Å². The van der Waals surface area contributed by atoms with Crippen LogP contribution in [0.15, 0.2) is 95.1 Å². The van der Waals surface area contributed by atoms with Gasteiger partial charge in [-0.15, -0.1) is 0 Å². The number of hydrogen-bond donors (Lipinski definition) is 7. The SMILES string of the molecule is O=C1N/C=C/c2ccc(c(Br)c2)Oc2cc(ccc2OS(=O)(=O)O)CCNC(=O)/C(=N/O)C(O)c2cc(Br)c(c(Br)c2)Oc2cc(cc(Br)c2O)C/C1=N\O. The molecule has 0 aromatic heterocycles. The van der Waals surface area contributed by atoms with Crippen LogP contribution < -0.4 is 24.3 Å². The number of phenols is 1. The number of aliphatic hydroxyl groups excluding tert-OH is 1. The predicted octanol–water partition coefficient (Wildman–Crippen LogP) is 6.90. The highest BCUT2D eigenvalue weighted by Crippen LogP contribution is 2.44. The molecule has 2 amide bonds. The minimum absolute atomic E-state index is 0.0479. The van der Waals surface area contributed by atoms with Crippen LogP contribution in [0.4, 0.5) is 0 Å². The number of amides is 2. The molecule has 4 aromatic carbocycles. The lowest BCUT2D eigenvalue weighted by Crippen LogP contribution is -2.36. The number of aromatic hydroxyl groups is 1. The summed E-state index contributed by atoms with van der Waals surface area (Å²) in [4.78, 5) is 26.0. The zero-order valence-corrected chi connectivity index (χ0v) is 34.7. The van der Waals surface area contributed by atoms with Gasteiger partial charge in [-0.05, 0) is 147 Å². The van der Waals surface area contributed by atoms with Crippen LogP contribution in [-0.4, -0.2) is 63.4 Å². The Balaban J connectivity index is 1.53. The number of carbonyl (C=O) groups excluding carboxylic acids is 2. The maximum atomic E-state index is 13.1. The molecule has 21 heteroatoms. The van der Waals surface area contributed by atoms with Crippen molar-refractivity contribution in [2.75, 3.05) is 6.54 Å². The van der Waals surface area contributed by atoms with Crippen LogP contribution in [-0.2, 0) is 32.8 Å². The molecular weight excluding hydrogens is 1010 g/mol. The number of ether oxygens (including phenoxy) is 2. The van der Waals surface area contributed by atoms with Crippen molar-refractivity contribution >= 4 is 103 Å². The lowest BCUT2D eigenvalue weighted by Gasteiger charge is -2.17. The Kier molecular flexibility index (Phi) is 13.6. The predicted molar refractivity (Wildman–Crippen MR) is 212 cm³/mol. The van der Waals surface area contributed by atoms with Gasteiger partial charge >= 0.3 is 10.4 Å². The number of nitrogens with zero attached hydrogens (tertiary/aromatic N) is 2. The number of nitrogens with one attached hydrogen (secondary N) is 2. The lowest BCUT2D eigenvalue weighted by atomic mass is 10.0. The summed E-state index contributed by atoms with van der Waals surface area (Å²) >= 11 is 13.4. The highest BCUT2D eigenvalue weighted by Gasteiger charge is 2.26. The van der Waals surface area contributed by atoms with Gasteiger partial charge < -0.3 is 44.9 Å². The first-order chi connectivity index (χ1) is 26.1. The van der Waals surface area contributed by atoms with Crippen LogP contribution in [0.3, 0.4) is 0 Å². The second-order valence-corrected chi connectivity index (χ2v) is 15.8. The summed E-state index contributed by atoms with van der Waals surface area (Å²) in [6.45, 7) is -0.0479. The fourth-order valence-electron chi connectivity index (χ4n) is 4.99. The number of rotatable bonds is 2. The first-order valence-corrected chi connectivity index (χ1v) is 19.9. The fraction of sp³-hybridized carbons (Fsp3) is 0.118. The van der Waals surface area contributed by atoms with Crippen LogP contribution in [0.5, 0.6) is 34.5 Å². The van der Waals surface area contributed by atoms with Gasteiger partial charge in [-0.25, -0.2) is 0 Å². The van der Waals surface area contributed by atoms with E-state index in [4.69, 9.17) is 13.7 Å². The molecular formula is C34H26Br4N4O12S. The fourth-order valence-corrected chi connectivity index (χ4v) is 7.70. The molecule has 4 heterocycles. The highest BCUT2D eigenvalue weighted by atomic mass is 79.9. The maximum Gasteiger partial charge on any atom is 0.446 e. The van der Waals surface area contributed by atoms with Crippen molar-refractivity contribution in [2.24, 2.45) is 10.3 Å². The van der Waals surface area contributed by atoms with E-state index >= 15 is 0 Å². The molecule has 4 aliphatic rings. The summed E-state index contributed by atoms with van der Waals surface area (Å²) in [5.74, 6) is -2.16. The molecule has 1 unspecified atom stereocenters. The molecule has 288 valence electrons. The zero-order valence-electron chi connectivity index (χ0n) is 27.5. The third-order valence-electron chi connectivity index (χ3n) is 7.56. The van der Waals surface area contributed by atoms with Gasteiger partial charge in [0.25, 0.3) is 11.8 Å². The van der Waals surface area contributed by atoms with E-state index in [0.717, 1.165) is 0 Å². The van der Waals surface area contributed by atoms with Gasteiger partial charge in [-0.1, -0.05) is 22.4 Å². The average molecular weight is 1030 g/mol. The van der Waals surface area contributed by atoms with Gasteiger partial charge in [0.15, 0.2) is 34.5 Å². The van der Waals surface area contributed by atoms with Gasteiger partial charge in [0.1, 0.15) is 17.6 Å². The first-order valence-electron chi connectivity index (χ1n) is 15.4. The second-order valence-electron chi connectivity index (χ2n) is 11.3. The third kappa shape index (κ3) is 10.6. The number of oxime groups is 2. The van der Waals surface area contributed by atoms with Crippen LogP contribution in [0, 0.1) is 0 Å². The van der Waals surface area contributed by atoms with E-state index in [9.17, 15) is 43.2 Å². The van der Waals surface area contributed by atoms with Crippen molar-refractivity contribution in [3.63, 3.8) is 0 Å². The summed E-state index contributed by atoms with van der Waals surface area (Å²) in [7, 11) is -4.95. The van der Waals surface area contributed by atoms with Gasteiger partial charge in [-0.2, -0.15) is 8.42 Å². The monoisotopic (exact) mass is 1030 g/mol. The molecule has 0 saturated carbocycles. The van der Waals surface area contributed by atoms with Crippen molar-refractivity contribution < 1.29 is 56.8 Å². The van der Waals surface area contributed by atoms with E-state index in [1.807, 2.05) is 0 Å². The summed E-state index contributed by atoms with van der Waals surface area (Å²) in [5.41, 5.74) is 0.634. The largest absolute Gasteiger partial charge is 0.503 e. The number of aliphatic hydroxyl groups is 1. The molecule has 4 aliphatic heterocycles. The summed E-state index contributed by atoms with van der Waals surface area (Å²) < 4.78 is 50.2. The zero-order chi connectivity index (χ0) is 40.0. The Bertz CT molecular complexity index is 2350. The van der Waals surface area contributed by atoms with E-state index in [-0.39, 0.29) is 78.6 Å². The summed E-state index contributed by atoms with van der Waals surface area (Å²) in [6.07, 6.45) is 1.05. The van der Waals surface area contributed by atoms with Gasteiger partial charge in [0.2, 0.25) is 0 Å². The molecule has 7 N–H and O–H groups in total. The Morgan fingerprint density at radius 1 is 0.800 bits per heavy atom. The highest BCUT2D eigenvalue weighted by molar-refractivity contribution is 9.11. The molecule has 0 aliphatic carbocycles. The van der Waals surface area contributed by atoms with Gasteiger partial charge in [0, 0.05) is 19.2 Å². The molecule has 1 atom stereocenters. The molecule has 0 radical (unpaired) electrons. The minimum atomic E-state index is -4.95. The molecule has 0 fully saturated rings. The number of benzene rings is 4. The summed E-state index contributed by atoms with van der Waals surface area (Å²) in [5, 5.41) is 52.5. The molecule has 8 rings (SSSR count). The number of phenolic OH excluding ortho intramolecular Hbond substituents is 1. The third-order valence-corrected chi connectivity index (χ3v) is 10.4. The Labute approximate surface area is 346 Å². The van der Waals surface area contributed by atoms with Crippen LogP contribution >= 0.6 is 63.7 Å². The number of halogens is 4. The Morgan fingerprint density at radius 2 is 1.51 bits per heavy atom. The Morgan fingerprint density at radius 3 is 2.16 bits per heavy atom. The summed E-state index contributed by atoms with van der Waals surface area (Å²) in [6, 6.07) is 14.6. The van der Waals surface area contributed by atoms with Crippen molar-refractivity contribution in [3.8, 4) is 34.5 Å². The van der Waals surface area contributed by atoms with Gasteiger partial charge in [-0.3, -0.25) is 14.1 Å². The second kappa shape index (κ2) is 18.0. The van der Waals surface area contributed by atoms with Crippen LogP contribution in [0.2, 0.25) is 0 Å². The number of carbonyl (C=O) groups is 2. The van der Waals surface area contributed by atoms with E-state index in [2.05, 4.69) is 84.7 Å².